The van der Waals surface area contributed by atoms with Crippen LogP contribution >= 0.6 is 0 Å². The van der Waals surface area contributed by atoms with Crippen LogP contribution in [0.5, 0.6) is 0 Å². The first kappa shape index (κ1) is 24.7. The van der Waals surface area contributed by atoms with Crippen LogP contribution in [0.3, 0.4) is 0 Å². The van der Waals surface area contributed by atoms with Crippen LogP contribution in [0.1, 0.15) is 16.7 Å². The van der Waals surface area contributed by atoms with Crippen LogP contribution < -0.4 is 4.90 Å². The summed E-state index contributed by atoms with van der Waals surface area (Å²) in [5.41, 5.74) is 10.9. The van der Waals surface area contributed by atoms with E-state index in [-0.39, 0.29) is 21.1 Å². The molecule has 0 atom stereocenters. The van der Waals surface area contributed by atoms with Crippen molar-refractivity contribution in [3.63, 3.8) is 0 Å². The van der Waals surface area contributed by atoms with Gasteiger partial charge in [0.25, 0.3) is 0 Å². The number of hydrogen-bond donors (Lipinski definition) is 0. The van der Waals surface area contributed by atoms with Crippen molar-refractivity contribution in [3.05, 3.63) is 138 Å². The Labute approximate surface area is 223 Å². The van der Waals surface area contributed by atoms with E-state index >= 15 is 0 Å². The van der Waals surface area contributed by atoms with Crippen molar-refractivity contribution in [2.45, 2.75) is 20.8 Å². The van der Waals surface area contributed by atoms with E-state index in [0.717, 1.165) is 39.3 Å². The Hall–Kier alpha value is -3.41. The van der Waals surface area contributed by atoms with Crippen LogP contribution in [0.2, 0.25) is 0 Å². The third-order valence-electron chi connectivity index (χ3n) is 5.90. The van der Waals surface area contributed by atoms with Gasteiger partial charge in [-0.1, -0.05) is 17.7 Å². The van der Waals surface area contributed by atoms with Crippen LogP contribution in [-0.4, -0.2) is 0 Å². The summed E-state index contributed by atoms with van der Waals surface area (Å²) in [5, 5.41) is 0. The minimum absolute atomic E-state index is 0. The number of rotatable bonds is 5. The number of hydrogen-bond acceptors (Lipinski definition) is 1. The van der Waals surface area contributed by atoms with Gasteiger partial charge in [-0.15, -0.1) is 24.3 Å². The number of nitrogens with zero attached hydrogens (tertiary/aromatic N) is 1. The van der Waals surface area contributed by atoms with Gasteiger partial charge in [-0.2, -0.15) is 84.9 Å². The fourth-order valence-corrected chi connectivity index (χ4v) is 4.51. The molecule has 5 rings (SSSR count). The standard InChI is InChI=1S/C33H25N.Pt/c1-24-20-25(2)33(26(3)21-24)34(31-18-10-16-29(22-31)27-12-6-4-7-13-27)32-19-11-17-30(23-32)28-14-8-5-9-15-28;/h4-12,14,16-21H,1-3H3;/q-4;+4. The fraction of sp³-hybridized carbons (Fsp3) is 0.0909. The molecule has 0 amide bonds. The van der Waals surface area contributed by atoms with Gasteiger partial charge in [-0.05, 0) is 43.3 Å². The van der Waals surface area contributed by atoms with Crippen LogP contribution in [-0.2, 0) is 21.1 Å². The van der Waals surface area contributed by atoms with Crippen molar-refractivity contribution >= 4 is 17.1 Å². The third kappa shape index (κ3) is 5.31. The first-order chi connectivity index (χ1) is 16.6. The molecule has 0 saturated carbocycles. The van der Waals surface area contributed by atoms with Gasteiger partial charge in [0.05, 0.1) is 0 Å². The van der Waals surface area contributed by atoms with Crippen molar-refractivity contribution in [3.8, 4) is 22.3 Å². The maximum Gasteiger partial charge on any atom is 4.00 e. The average molecular weight is 631 g/mol. The van der Waals surface area contributed by atoms with Crippen molar-refractivity contribution < 1.29 is 21.1 Å². The first-order valence-corrected chi connectivity index (χ1v) is 11.5. The van der Waals surface area contributed by atoms with Crippen LogP contribution in [0.25, 0.3) is 22.3 Å². The second-order valence-electron chi connectivity index (χ2n) is 8.53. The van der Waals surface area contributed by atoms with E-state index in [1.54, 1.807) is 0 Å². The summed E-state index contributed by atoms with van der Waals surface area (Å²) in [6, 6.07) is 47.1. The molecule has 0 aliphatic rings. The first-order valence-electron chi connectivity index (χ1n) is 11.5. The largest absolute Gasteiger partial charge is 4.00 e. The molecule has 0 aromatic heterocycles. The predicted octanol–water partition coefficient (Wildman–Crippen LogP) is 8.61. The molecule has 5 aromatic carbocycles. The Bertz CT molecular complexity index is 1320. The molecule has 5 aromatic rings. The molecular weight excluding hydrogens is 605 g/mol. The molecular formula is C33H25NPt. The smallest absolute Gasteiger partial charge is 0.348 e. The maximum absolute atomic E-state index is 3.65. The zero-order valence-electron chi connectivity index (χ0n) is 20.0. The average Bonchev–Trinajstić information content (AvgIpc) is 2.87. The molecule has 0 radical (unpaired) electrons. The van der Waals surface area contributed by atoms with E-state index < -0.39 is 0 Å². The topological polar surface area (TPSA) is 3.24 Å². The number of aryl methyl sites for hydroxylation is 3. The Morgan fingerprint density at radius 2 is 1.00 bits per heavy atom. The van der Waals surface area contributed by atoms with Gasteiger partial charge >= 0.3 is 21.1 Å². The molecule has 0 bridgehead atoms. The predicted molar refractivity (Wildman–Crippen MR) is 142 cm³/mol. The SMILES string of the molecule is Cc1cc(C)c(N(c2[c-]c(-c3[c-]cccc3)ccc2)c2[c-]c(-c3[c-]cccc3)ccc2)c(C)c1.[Pt+4]. The maximum atomic E-state index is 3.65. The zero-order chi connectivity index (χ0) is 23.5. The summed E-state index contributed by atoms with van der Waals surface area (Å²) in [7, 11) is 0. The number of benzene rings is 5. The van der Waals surface area contributed by atoms with Crippen molar-refractivity contribution in [2.75, 3.05) is 4.90 Å². The van der Waals surface area contributed by atoms with Gasteiger partial charge in [0.15, 0.2) is 0 Å². The summed E-state index contributed by atoms with van der Waals surface area (Å²) in [5.74, 6) is 0. The van der Waals surface area contributed by atoms with Gasteiger partial charge in [0.1, 0.15) is 0 Å². The molecule has 2 heteroatoms. The monoisotopic (exact) mass is 630 g/mol. The molecule has 0 aliphatic heterocycles. The summed E-state index contributed by atoms with van der Waals surface area (Å²) >= 11 is 0. The van der Waals surface area contributed by atoms with E-state index in [4.69, 9.17) is 0 Å². The normalized spacial score (nSPS) is 10.5. The van der Waals surface area contributed by atoms with E-state index in [2.05, 4.69) is 111 Å². The van der Waals surface area contributed by atoms with E-state index in [1.807, 2.05) is 36.4 Å². The molecule has 172 valence electrons. The molecule has 0 N–H and O–H groups in total. The Morgan fingerprint density at radius 1 is 0.543 bits per heavy atom. The van der Waals surface area contributed by atoms with Crippen molar-refractivity contribution in [1.29, 1.82) is 0 Å². The minimum atomic E-state index is 0. The molecule has 0 aliphatic carbocycles. The van der Waals surface area contributed by atoms with Crippen molar-refractivity contribution in [1.82, 2.24) is 0 Å². The Morgan fingerprint density at radius 3 is 1.43 bits per heavy atom. The molecule has 1 nitrogen and oxygen atoms in total. The van der Waals surface area contributed by atoms with Crippen molar-refractivity contribution in [2.24, 2.45) is 0 Å². The summed E-state index contributed by atoms with van der Waals surface area (Å²) in [6.45, 7) is 6.49. The van der Waals surface area contributed by atoms with Gasteiger partial charge in [0.2, 0.25) is 0 Å². The second kappa shape index (κ2) is 10.9. The van der Waals surface area contributed by atoms with E-state index in [0.29, 0.717) is 0 Å². The van der Waals surface area contributed by atoms with Gasteiger partial charge in [0, 0.05) is 5.69 Å². The summed E-state index contributed by atoms with van der Waals surface area (Å²) < 4.78 is 0. The van der Waals surface area contributed by atoms with Crippen LogP contribution in [0.4, 0.5) is 17.1 Å². The fourth-order valence-electron chi connectivity index (χ4n) is 4.51. The Kier molecular flexibility index (Phi) is 7.69. The third-order valence-corrected chi connectivity index (χ3v) is 5.90. The van der Waals surface area contributed by atoms with Crippen LogP contribution in [0, 0.1) is 45.0 Å². The number of anilines is 3. The second-order valence-corrected chi connectivity index (χ2v) is 8.53. The molecule has 0 spiro atoms. The van der Waals surface area contributed by atoms with Crippen LogP contribution in [0.15, 0.2) is 97.1 Å². The Balaban J connectivity index is 0.00000289. The summed E-state index contributed by atoms with van der Waals surface area (Å²) in [4.78, 5) is 2.27. The van der Waals surface area contributed by atoms with E-state index in [1.165, 1.54) is 16.7 Å². The zero-order valence-corrected chi connectivity index (χ0v) is 22.3. The molecule has 0 unspecified atom stereocenters. The molecule has 0 heterocycles. The quantitative estimate of drug-likeness (QED) is 0.176. The van der Waals surface area contributed by atoms with Gasteiger partial charge in [-0.3, -0.25) is 0 Å². The molecule has 35 heavy (non-hydrogen) atoms. The summed E-state index contributed by atoms with van der Waals surface area (Å²) in [6.07, 6.45) is 0. The molecule has 0 saturated heterocycles. The van der Waals surface area contributed by atoms with E-state index in [9.17, 15) is 0 Å². The van der Waals surface area contributed by atoms with Gasteiger partial charge < -0.3 is 4.90 Å². The molecule has 0 fully saturated rings. The minimum Gasteiger partial charge on any atom is -0.348 e. The van der Waals surface area contributed by atoms with Gasteiger partial charge in [-0.25, -0.2) is 22.3 Å².